The van der Waals surface area contributed by atoms with Crippen LogP contribution in [0.5, 0.6) is 0 Å². The predicted molar refractivity (Wildman–Crippen MR) is 123 cm³/mol. The van der Waals surface area contributed by atoms with E-state index in [1.807, 2.05) is 12.1 Å². The van der Waals surface area contributed by atoms with Crippen molar-refractivity contribution in [2.45, 2.75) is 12.8 Å². The van der Waals surface area contributed by atoms with Crippen LogP contribution >= 0.6 is 11.6 Å². The van der Waals surface area contributed by atoms with E-state index < -0.39 is 0 Å². The Bertz CT molecular complexity index is 1220. The lowest BCUT2D eigenvalue weighted by Crippen LogP contribution is -2.14. The SMILES string of the molecule is O=C(CCc1ncc(-c2ccc(Cl)cc2)o1)Nc1cccc(NC(=O)c2cccnc2)c1. The molecule has 2 aromatic carbocycles. The molecule has 160 valence electrons. The highest BCUT2D eigenvalue weighted by Gasteiger charge is 2.11. The van der Waals surface area contributed by atoms with Crippen molar-refractivity contribution in [3.63, 3.8) is 0 Å². The van der Waals surface area contributed by atoms with Crippen LogP contribution in [0, 0.1) is 0 Å². The van der Waals surface area contributed by atoms with E-state index >= 15 is 0 Å². The molecule has 0 radical (unpaired) electrons. The number of nitrogens with zero attached hydrogens (tertiary/aromatic N) is 2. The minimum absolute atomic E-state index is 0.188. The van der Waals surface area contributed by atoms with Gasteiger partial charge in [0.05, 0.1) is 11.8 Å². The molecule has 2 heterocycles. The Balaban J connectivity index is 1.31. The number of nitrogens with one attached hydrogen (secondary N) is 2. The van der Waals surface area contributed by atoms with Crippen LogP contribution in [-0.4, -0.2) is 21.8 Å². The van der Waals surface area contributed by atoms with Gasteiger partial charge in [0, 0.05) is 47.2 Å². The number of hydrogen-bond acceptors (Lipinski definition) is 5. The Hall–Kier alpha value is -3.97. The highest BCUT2D eigenvalue weighted by molar-refractivity contribution is 6.30. The fourth-order valence-electron chi connectivity index (χ4n) is 2.99. The molecule has 2 amide bonds. The number of pyridine rings is 1. The fraction of sp³-hybridized carbons (Fsp3) is 0.0833. The molecule has 7 nitrogen and oxygen atoms in total. The van der Waals surface area contributed by atoms with Crippen molar-refractivity contribution in [2.24, 2.45) is 0 Å². The van der Waals surface area contributed by atoms with Gasteiger partial charge in [0.1, 0.15) is 0 Å². The number of hydrogen-bond donors (Lipinski definition) is 2. The van der Waals surface area contributed by atoms with E-state index in [-0.39, 0.29) is 18.2 Å². The highest BCUT2D eigenvalue weighted by Crippen LogP contribution is 2.23. The van der Waals surface area contributed by atoms with E-state index in [0.29, 0.717) is 40.0 Å². The van der Waals surface area contributed by atoms with Crippen LogP contribution in [0.4, 0.5) is 11.4 Å². The van der Waals surface area contributed by atoms with Crippen LogP contribution in [0.15, 0.2) is 83.7 Å². The summed E-state index contributed by atoms with van der Waals surface area (Å²) in [6, 6.07) is 17.6. The van der Waals surface area contributed by atoms with Gasteiger partial charge in [-0.3, -0.25) is 14.6 Å². The zero-order valence-corrected chi connectivity index (χ0v) is 17.7. The summed E-state index contributed by atoms with van der Waals surface area (Å²) in [4.78, 5) is 32.8. The van der Waals surface area contributed by atoms with Gasteiger partial charge in [-0.05, 0) is 54.6 Å². The second-order valence-electron chi connectivity index (χ2n) is 6.95. The lowest BCUT2D eigenvalue weighted by Gasteiger charge is -2.08. The molecule has 2 N–H and O–H groups in total. The Morgan fingerprint density at radius 3 is 2.47 bits per heavy atom. The molecule has 0 atom stereocenters. The summed E-state index contributed by atoms with van der Waals surface area (Å²) >= 11 is 5.90. The van der Waals surface area contributed by atoms with E-state index in [0.717, 1.165) is 5.56 Å². The van der Waals surface area contributed by atoms with Gasteiger partial charge < -0.3 is 15.1 Å². The molecule has 0 bridgehead atoms. The molecule has 0 spiro atoms. The number of anilines is 2. The molecular weight excluding hydrogens is 428 g/mol. The minimum Gasteiger partial charge on any atom is -0.441 e. The average Bonchev–Trinajstić information content (AvgIpc) is 3.28. The van der Waals surface area contributed by atoms with Gasteiger partial charge >= 0.3 is 0 Å². The van der Waals surface area contributed by atoms with Crippen LogP contribution in [0.3, 0.4) is 0 Å². The zero-order valence-electron chi connectivity index (χ0n) is 16.9. The van der Waals surface area contributed by atoms with Gasteiger partial charge in [0.15, 0.2) is 11.7 Å². The summed E-state index contributed by atoms with van der Waals surface area (Å²) in [5, 5.41) is 6.26. The van der Waals surface area contributed by atoms with Crippen LogP contribution in [0.25, 0.3) is 11.3 Å². The van der Waals surface area contributed by atoms with Gasteiger partial charge in [-0.1, -0.05) is 17.7 Å². The molecule has 4 rings (SSSR count). The van der Waals surface area contributed by atoms with E-state index in [9.17, 15) is 9.59 Å². The fourth-order valence-corrected chi connectivity index (χ4v) is 3.12. The molecule has 32 heavy (non-hydrogen) atoms. The standard InChI is InChI=1S/C24H19ClN4O3/c25-18-8-6-16(7-9-18)21-15-27-23(32-21)11-10-22(30)28-19-4-1-5-20(13-19)29-24(31)17-3-2-12-26-14-17/h1-9,12-15H,10-11H2,(H,28,30)(H,29,31). The summed E-state index contributed by atoms with van der Waals surface area (Å²) in [7, 11) is 0. The molecule has 0 aliphatic heterocycles. The van der Waals surface area contributed by atoms with Crippen molar-refractivity contribution < 1.29 is 14.0 Å². The van der Waals surface area contributed by atoms with Gasteiger partial charge in [0.2, 0.25) is 5.91 Å². The van der Waals surface area contributed by atoms with Crippen molar-refractivity contribution in [1.82, 2.24) is 9.97 Å². The quantitative estimate of drug-likeness (QED) is 0.406. The maximum absolute atomic E-state index is 12.4. The second-order valence-corrected chi connectivity index (χ2v) is 7.39. The van der Waals surface area contributed by atoms with Crippen LogP contribution in [0.1, 0.15) is 22.7 Å². The summed E-state index contributed by atoms with van der Waals surface area (Å²) in [6.07, 6.45) is 5.28. The Labute approximate surface area is 189 Å². The number of benzene rings is 2. The lowest BCUT2D eigenvalue weighted by atomic mass is 10.2. The molecule has 0 saturated heterocycles. The number of aryl methyl sites for hydroxylation is 1. The number of oxazole rings is 1. The van der Waals surface area contributed by atoms with Gasteiger partial charge in [-0.25, -0.2) is 4.98 Å². The normalized spacial score (nSPS) is 10.5. The Morgan fingerprint density at radius 1 is 0.938 bits per heavy atom. The summed E-state index contributed by atoms with van der Waals surface area (Å²) in [5.41, 5.74) is 2.46. The van der Waals surface area contributed by atoms with Crippen molar-refractivity contribution in [2.75, 3.05) is 10.6 Å². The number of amides is 2. The Morgan fingerprint density at radius 2 is 1.72 bits per heavy atom. The third-order valence-corrected chi connectivity index (χ3v) is 4.83. The third-order valence-electron chi connectivity index (χ3n) is 4.58. The first-order chi connectivity index (χ1) is 15.6. The maximum atomic E-state index is 12.4. The zero-order chi connectivity index (χ0) is 22.3. The molecule has 8 heteroatoms. The number of rotatable bonds is 7. The molecule has 0 unspecified atom stereocenters. The monoisotopic (exact) mass is 446 g/mol. The van der Waals surface area contributed by atoms with Crippen molar-refractivity contribution in [3.8, 4) is 11.3 Å². The number of carbonyl (C=O) groups excluding carboxylic acids is 2. The van der Waals surface area contributed by atoms with Crippen molar-refractivity contribution in [3.05, 3.63) is 95.7 Å². The number of aromatic nitrogens is 2. The van der Waals surface area contributed by atoms with Crippen LogP contribution < -0.4 is 10.6 Å². The molecule has 0 saturated carbocycles. The molecule has 0 aliphatic rings. The van der Waals surface area contributed by atoms with Gasteiger partial charge in [-0.15, -0.1) is 0 Å². The summed E-state index contributed by atoms with van der Waals surface area (Å²) in [5.74, 6) is 0.630. The highest BCUT2D eigenvalue weighted by atomic mass is 35.5. The van der Waals surface area contributed by atoms with Crippen LogP contribution in [-0.2, 0) is 11.2 Å². The van der Waals surface area contributed by atoms with E-state index in [4.69, 9.17) is 16.0 Å². The summed E-state index contributed by atoms with van der Waals surface area (Å²) in [6.45, 7) is 0. The molecular formula is C24H19ClN4O3. The largest absolute Gasteiger partial charge is 0.441 e. The first-order valence-electron chi connectivity index (χ1n) is 9.89. The minimum atomic E-state index is -0.276. The van der Waals surface area contributed by atoms with Gasteiger partial charge in [0.25, 0.3) is 5.91 Å². The smallest absolute Gasteiger partial charge is 0.257 e. The first-order valence-corrected chi connectivity index (χ1v) is 10.3. The second kappa shape index (κ2) is 9.89. The molecule has 0 aliphatic carbocycles. The van der Waals surface area contributed by atoms with E-state index in [1.165, 1.54) is 6.20 Å². The first kappa shape index (κ1) is 21.3. The van der Waals surface area contributed by atoms with Crippen molar-refractivity contribution >= 4 is 34.8 Å². The van der Waals surface area contributed by atoms with E-state index in [2.05, 4.69) is 20.6 Å². The lowest BCUT2D eigenvalue weighted by molar-refractivity contribution is -0.116. The molecule has 2 aromatic heterocycles. The topological polar surface area (TPSA) is 97.1 Å². The predicted octanol–water partition coefficient (Wildman–Crippen LogP) is 5.21. The summed E-state index contributed by atoms with van der Waals surface area (Å²) < 4.78 is 5.73. The number of carbonyl (C=O) groups is 2. The number of halogens is 1. The molecule has 0 fully saturated rings. The molecule has 4 aromatic rings. The van der Waals surface area contributed by atoms with E-state index in [1.54, 1.807) is 60.9 Å². The third kappa shape index (κ3) is 5.59. The van der Waals surface area contributed by atoms with Crippen molar-refractivity contribution in [1.29, 1.82) is 0 Å². The average molecular weight is 447 g/mol. The Kier molecular flexibility index (Phi) is 6.57. The maximum Gasteiger partial charge on any atom is 0.257 e. The van der Waals surface area contributed by atoms with Gasteiger partial charge in [-0.2, -0.15) is 0 Å². The van der Waals surface area contributed by atoms with Crippen LogP contribution in [0.2, 0.25) is 5.02 Å².